The van der Waals surface area contributed by atoms with E-state index in [4.69, 9.17) is 0 Å². The van der Waals surface area contributed by atoms with Crippen molar-refractivity contribution in [2.24, 2.45) is 5.92 Å². The molecule has 1 fully saturated rings. The van der Waals surface area contributed by atoms with E-state index in [0.29, 0.717) is 6.04 Å². The number of nitrogens with one attached hydrogen (secondary N) is 1. The van der Waals surface area contributed by atoms with Gasteiger partial charge in [0.05, 0.1) is 0 Å². The molecule has 0 aromatic rings. The van der Waals surface area contributed by atoms with Crippen LogP contribution >= 0.6 is 0 Å². The molecule has 1 aliphatic rings. The van der Waals surface area contributed by atoms with Gasteiger partial charge in [-0.05, 0) is 39.8 Å². The Bertz CT molecular complexity index is 134. The average molecular weight is 200 g/mol. The monoisotopic (exact) mass is 200 g/mol. The van der Waals surface area contributed by atoms with Crippen LogP contribution in [0, 0.1) is 5.92 Å². The molecule has 0 spiro atoms. The number of hydrogen-bond acceptors (Lipinski definition) is 2. The minimum atomic E-state index is 0.713. The Labute approximate surface area is 90.1 Å². The molecule has 14 heavy (non-hydrogen) atoms. The van der Waals surface area contributed by atoms with Crippen LogP contribution in [0.4, 0.5) is 0 Å². The molecule has 1 rings (SSSR count). The summed E-state index contributed by atoms with van der Waals surface area (Å²) in [5, 5.41) is 3.39. The Kier molecular flexibility index (Phi) is 7.20. The Hall–Kier alpha value is -0.0800. The molecule has 0 aliphatic carbocycles. The topological polar surface area (TPSA) is 15.3 Å². The SMILES string of the molecule is CC.CNC1CCN(C(C)C)CC1C. The van der Waals surface area contributed by atoms with E-state index in [-0.39, 0.29) is 0 Å². The molecule has 1 heterocycles. The maximum absolute atomic E-state index is 3.39. The molecule has 0 amide bonds. The van der Waals surface area contributed by atoms with Gasteiger partial charge >= 0.3 is 0 Å². The van der Waals surface area contributed by atoms with Gasteiger partial charge in [-0.1, -0.05) is 20.8 Å². The number of piperidine rings is 1. The molecule has 2 unspecified atom stereocenters. The zero-order valence-electron chi connectivity index (χ0n) is 10.8. The van der Waals surface area contributed by atoms with Crippen molar-refractivity contribution in [3.63, 3.8) is 0 Å². The summed E-state index contributed by atoms with van der Waals surface area (Å²) in [5.74, 6) is 0.797. The van der Waals surface area contributed by atoms with Crippen molar-refractivity contribution in [2.45, 2.75) is 53.1 Å². The summed E-state index contributed by atoms with van der Waals surface area (Å²) in [4.78, 5) is 2.57. The van der Waals surface area contributed by atoms with Gasteiger partial charge in [0.2, 0.25) is 0 Å². The third-order valence-electron chi connectivity index (χ3n) is 3.04. The second-order valence-electron chi connectivity index (χ2n) is 4.25. The van der Waals surface area contributed by atoms with E-state index in [9.17, 15) is 0 Å². The molecule has 0 saturated carbocycles. The first-order chi connectivity index (χ1) is 6.65. The van der Waals surface area contributed by atoms with Crippen molar-refractivity contribution in [1.82, 2.24) is 10.2 Å². The predicted octanol–water partition coefficient (Wildman–Crippen LogP) is 2.35. The molecule has 1 N–H and O–H groups in total. The zero-order valence-corrected chi connectivity index (χ0v) is 10.8. The van der Waals surface area contributed by atoms with Gasteiger partial charge in [-0.15, -0.1) is 0 Å². The highest BCUT2D eigenvalue weighted by atomic mass is 15.2. The first kappa shape index (κ1) is 13.9. The smallest absolute Gasteiger partial charge is 0.0114 e. The van der Waals surface area contributed by atoms with Gasteiger partial charge < -0.3 is 10.2 Å². The van der Waals surface area contributed by atoms with Crippen molar-refractivity contribution in [2.75, 3.05) is 20.1 Å². The molecule has 2 nitrogen and oxygen atoms in total. The third-order valence-corrected chi connectivity index (χ3v) is 3.04. The summed E-state index contributed by atoms with van der Waals surface area (Å²) in [7, 11) is 2.08. The first-order valence-electron chi connectivity index (χ1n) is 6.06. The van der Waals surface area contributed by atoms with E-state index in [0.717, 1.165) is 12.0 Å². The second kappa shape index (κ2) is 7.24. The van der Waals surface area contributed by atoms with E-state index >= 15 is 0 Å². The van der Waals surface area contributed by atoms with Crippen molar-refractivity contribution in [3.05, 3.63) is 0 Å². The van der Waals surface area contributed by atoms with Gasteiger partial charge in [-0.2, -0.15) is 0 Å². The van der Waals surface area contributed by atoms with Gasteiger partial charge in [-0.25, -0.2) is 0 Å². The van der Waals surface area contributed by atoms with Crippen LogP contribution in [0.5, 0.6) is 0 Å². The second-order valence-corrected chi connectivity index (χ2v) is 4.25. The maximum Gasteiger partial charge on any atom is 0.0114 e. The lowest BCUT2D eigenvalue weighted by Crippen LogP contribution is -2.49. The highest BCUT2D eigenvalue weighted by Gasteiger charge is 2.25. The fourth-order valence-electron chi connectivity index (χ4n) is 2.08. The highest BCUT2D eigenvalue weighted by Crippen LogP contribution is 2.17. The molecular weight excluding hydrogens is 172 g/mol. The van der Waals surface area contributed by atoms with Gasteiger partial charge in [0, 0.05) is 18.6 Å². The summed E-state index contributed by atoms with van der Waals surface area (Å²) >= 11 is 0. The van der Waals surface area contributed by atoms with Crippen molar-refractivity contribution in [1.29, 1.82) is 0 Å². The molecule has 0 bridgehead atoms. The van der Waals surface area contributed by atoms with Gasteiger partial charge in [-0.3, -0.25) is 0 Å². The third kappa shape index (κ3) is 3.97. The average Bonchev–Trinajstić information content (AvgIpc) is 2.20. The number of nitrogens with zero attached hydrogens (tertiary/aromatic N) is 1. The lowest BCUT2D eigenvalue weighted by Gasteiger charge is -2.38. The van der Waals surface area contributed by atoms with E-state index in [1.165, 1.54) is 19.5 Å². The molecule has 0 aromatic heterocycles. The summed E-state index contributed by atoms with van der Waals surface area (Å²) in [6, 6.07) is 1.45. The molecule has 2 heteroatoms. The molecule has 2 atom stereocenters. The number of rotatable bonds is 2. The summed E-state index contributed by atoms with van der Waals surface area (Å²) in [6.07, 6.45) is 1.30. The molecule has 1 saturated heterocycles. The number of hydrogen-bond donors (Lipinski definition) is 1. The normalized spacial score (nSPS) is 28.5. The van der Waals surface area contributed by atoms with Crippen LogP contribution in [0.15, 0.2) is 0 Å². The van der Waals surface area contributed by atoms with Gasteiger partial charge in [0.25, 0.3) is 0 Å². The molecule has 0 aromatic carbocycles. The maximum atomic E-state index is 3.39. The molecule has 86 valence electrons. The molecule has 1 aliphatic heterocycles. The Morgan fingerprint density at radius 2 is 1.86 bits per heavy atom. The van der Waals surface area contributed by atoms with Gasteiger partial charge in [0.15, 0.2) is 0 Å². The molecule has 0 radical (unpaired) electrons. The van der Waals surface area contributed by atoms with E-state index < -0.39 is 0 Å². The standard InChI is InChI=1S/C10H22N2.C2H6/c1-8(2)12-6-5-10(11-4)9(3)7-12;1-2/h8-11H,5-7H2,1-4H3;1-2H3. The minimum absolute atomic E-state index is 0.713. The first-order valence-corrected chi connectivity index (χ1v) is 6.06. The van der Waals surface area contributed by atoms with E-state index in [1.54, 1.807) is 0 Å². The van der Waals surface area contributed by atoms with E-state index in [1.807, 2.05) is 13.8 Å². The van der Waals surface area contributed by atoms with Crippen LogP contribution in [0.2, 0.25) is 0 Å². The van der Waals surface area contributed by atoms with Crippen LogP contribution in [0.3, 0.4) is 0 Å². The Morgan fingerprint density at radius 3 is 2.21 bits per heavy atom. The van der Waals surface area contributed by atoms with Crippen LogP contribution in [-0.4, -0.2) is 37.1 Å². The fourth-order valence-corrected chi connectivity index (χ4v) is 2.08. The summed E-state index contributed by atoms with van der Waals surface area (Å²) in [5.41, 5.74) is 0. The highest BCUT2D eigenvalue weighted by molar-refractivity contribution is 4.82. The van der Waals surface area contributed by atoms with Crippen molar-refractivity contribution < 1.29 is 0 Å². The Morgan fingerprint density at radius 1 is 1.29 bits per heavy atom. The quantitative estimate of drug-likeness (QED) is 0.736. The predicted molar refractivity (Wildman–Crippen MR) is 64.7 cm³/mol. The fraction of sp³-hybridized carbons (Fsp3) is 1.00. The van der Waals surface area contributed by atoms with Crippen LogP contribution < -0.4 is 5.32 Å². The van der Waals surface area contributed by atoms with Crippen LogP contribution in [0.25, 0.3) is 0 Å². The lowest BCUT2D eigenvalue weighted by atomic mass is 9.93. The molecular formula is C12H28N2. The minimum Gasteiger partial charge on any atom is -0.317 e. The summed E-state index contributed by atoms with van der Waals surface area (Å²) in [6.45, 7) is 13.4. The van der Waals surface area contributed by atoms with Crippen molar-refractivity contribution in [3.8, 4) is 0 Å². The van der Waals surface area contributed by atoms with Crippen LogP contribution in [-0.2, 0) is 0 Å². The van der Waals surface area contributed by atoms with E-state index in [2.05, 4.69) is 38.0 Å². The summed E-state index contributed by atoms with van der Waals surface area (Å²) < 4.78 is 0. The number of likely N-dealkylation sites (tertiary alicyclic amines) is 1. The van der Waals surface area contributed by atoms with Crippen molar-refractivity contribution >= 4 is 0 Å². The van der Waals surface area contributed by atoms with Crippen LogP contribution in [0.1, 0.15) is 41.0 Å². The lowest BCUT2D eigenvalue weighted by molar-refractivity contribution is 0.121. The Balaban J connectivity index is 0.000000791. The van der Waals surface area contributed by atoms with Gasteiger partial charge in [0.1, 0.15) is 0 Å². The largest absolute Gasteiger partial charge is 0.317 e. The zero-order chi connectivity index (χ0) is 11.1.